The van der Waals surface area contributed by atoms with Crippen LogP contribution in [0.2, 0.25) is 0 Å². The zero-order valence-electron chi connectivity index (χ0n) is 13.4. The molecule has 2 aromatic heterocycles. The number of benzene rings is 1. The van der Waals surface area contributed by atoms with Crippen molar-refractivity contribution in [2.45, 2.75) is 26.3 Å². The van der Waals surface area contributed by atoms with Crippen molar-refractivity contribution in [3.63, 3.8) is 0 Å². The molecule has 0 aliphatic carbocycles. The summed E-state index contributed by atoms with van der Waals surface area (Å²) in [6, 6.07) is 7.76. The second-order valence-electron chi connectivity index (χ2n) is 6.09. The number of nitrogens with zero attached hydrogens (tertiary/aromatic N) is 4. The van der Waals surface area contributed by atoms with Crippen LogP contribution in [0.3, 0.4) is 0 Å². The molecule has 1 N–H and O–H groups in total. The fourth-order valence-corrected chi connectivity index (χ4v) is 4.17. The third kappa shape index (κ3) is 2.65. The summed E-state index contributed by atoms with van der Waals surface area (Å²) in [5.74, 6) is -1.000. The molecule has 3 aromatic rings. The van der Waals surface area contributed by atoms with Crippen LogP contribution >= 0.6 is 11.3 Å². The van der Waals surface area contributed by atoms with Crippen LogP contribution in [0.5, 0.6) is 0 Å². The summed E-state index contributed by atoms with van der Waals surface area (Å²) in [5.41, 5.74) is 2.98. The molecule has 1 aromatic carbocycles. The fraction of sp³-hybridized carbons (Fsp3) is 0.353. The van der Waals surface area contributed by atoms with E-state index >= 15 is 0 Å². The van der Waals surface area contributed by atoms with Crippen molar-refractivity contribution >= 4 is 32.7 Å². The Labute approximate surface area is 143 Å². The second-order valence-corrected chi connectivity index (χ2v) is 7.10. The van der Waals surface area contributed by atoms with E-state index in [2.05, 4.69) is 16.1 Å². The number of carbonyl (C=O) groups is 1. The Balaban J connectivity index is 1.70. The van der Waals surface area contributed by atoms with Crippen LogP contribution in [0.15, 0.2) is 24.3 Å². The maximum Gasteiger partial charge on any atom is 0.356 e. The lowest BCUT2D eigenvalue weighted by Crippen LogP contribution is -2.17. The first kappa shape index (κ1) is 15.1. The predicted molar refractivity (Wildman–Crippen MR) is 94.1 cm³/mol. The molecule has 4 rings (SSSR count). The van der Waals surface area contributed by atoms with Gasteiger partial charge in [-0.15, -0.1) is 0 Å². The Morgan fingerprint density at radius 1 is 1.33 bits per heavy atom. The van der Waals surface area contributed by atoms with Crippen molar-refractivity contribution in [3.05, 3.63) is 41.2 Å². The number of carboxylic acids is 1. The molecule has 0 unspecified atom stereocenters. The molecule has 1 aliphatic rings. The van der Waals surface area contributed by atoms with E-state index in [-0.39, 0.29) is 5.69 Å². The van der Waals surface area contributed by atoms with E-state index in [1.807, 2.05) is 19.1 Å². The van der Waals surface area contributed by atoms with E-state index in [0.29, 0.717) is 6.54 Å². The summed E-state index contributed by atoms with van der Waals surface area (Å²) in [7, 11) is 0. The number of fused-ring (bicyclic) bond motifs is 1. The summed E-state index contributed by atoms with van der Waals surface area (Å²) in [5, 5.41) is 14.4. The second kappa shape index (κ2) is 5.90. The van der Waals surface area contributed by atoms with Gasteiger partial charge in [0.05, 0.1) is 16.8 Å². The molecule has 0 atom stereocenters. The van der Waals surface area contributed by atoms with Crippen LogP contribution in [0, 0.1) is 6.92 Å². The minimum absolute atomic E-state index is 0.0794. The molecular weight excluding hydrogens is 324 g/mol. The van der Waals surface area contributed by atoms with Gasteiger partial charge in [0.1, 0.15) is 0 Å². The molecule has 24 heavy (non-hydrogen) atoms. The van der Waals surface area contributed by atoms with Crippen LogP contribution in [-0.2, 0) is 6.54 Å². The molecule has 0 bridgehead atoms. The number of para-hydroxylation sites is 1. The Bertz CT molecular complexity index is 909. The van der Waals surface area contributed by atoms with Crippen LogP contribution in [0.4, 0.5) is 5.13 Å². The van der Waals surface area contributed by atoms with Crippen molar-refractivity contribution in [2.24, 2.45) is 0 Å². The average Bonchev–Trinajstić information content (AvgIpc) is 3.26. The SMILES string of the molecule is Cc1cc(C(=O)O)nn1Cc1cccc2sc(N3CCCC3)nc12. The van der Waals surface area contributed by atoms with Crippen molar-refractivity contribution in [1.29, 1.82) is 0 Å². The number of aryl methyl sites for hydroxylation is 1. The predicted octanol–water partition coefficient (Wildman–Crippen LogP) is 3.15. The van der Waals surface area contributed by atoms with E-state index < -0.39 is 5.97 Å². The van der Waals surface area contributed by atoms with Gasteiger partial charge < -0.3 is 10.0 Å². The summed E-state index contributed by atoms with van der Waals surface area (Å²) in [6.07, 6.45) is 2.46. The summed E-state index contributed by atoms with van der Waals surface area (Å²) in [6.45, 7) is 4.56. The first-order chi connectivity index (χ1) is 11.6. The van der Waals surface area contributed by atoms with Gasteiger partial charge >= 0.3 is 5.97 Å². The number of anilines is 1. The molecule has 1 fully saturated rings. The maximum absolute atomic E-state index is 11.1. The van der Waals surface area contributed by atoms with E-state index in [1.54, 1.807) is 22.1 Å². The van der Waals surface area contributed by atoms with Gasteiger partial charge in [0.2, 0.25) is 0 Å². The monoisotopic (exact) mass is 342 g/mol. The highest BCUT2D eigenvalue weighted by atomic mass is 32.1. The lowest BCUT2D eigenvalue weighted by Gasteiger charge is -2.12. The van der Waals surface area contributed by atoms with Crippen molar-refractivity contribution in [3.8, 4) is 0 Å². The number of thiazole rings is 1. The molecule has 1 aliphatic heterocycles. The normalized spacial score (nSPS) is 14.6. The molecule has 0 amide bonds. The van der Waals surface area contributed by atoms with Gasteiger partial charge in [0.15, 0.2) is 10.8 Å². The summed E-state index contributed by atoms with van der Waals surface area (Å²) < 4.78 is 2.89. The van der Waals surface area contributed by atoms with Gasteiger partial charge in [0, 0.05) is 24.3 Å². The zero-order chi connectivity index (χ0) is 16.7. The van der Waals surface area contributed by atoms with E-state index in [0.717, 1.165) is 39.7 Å². The van der Waals surface area contributed by atoms with Gasteiger partial charge in [0.25, 0.3) is 0 Å². The topological polar surface area (TPSA) is 71.2 Å². The fourth-order valence-electron chi connectivity index (χ4n) is 3.10. The minimum Gasteiger partial charge on any atom is -0.476 e. The lowest BCUT2D eigenvalue weighted by molar-refractivity contribution is 0.0689. The lowest BCUT2D eigenvalue weighted by atomic mass is 10.2. The largest absolute Gasteiger partial charge is 0.476 e. The smallest absolute Gasteiger partial charge is 0.356 e. The number of rotatable bonds is 4. The number of aromatic nitrogens is 3. The number of hydrogen-bond donors (Lipinski definition) is 1. The van der Waals surface area contributed by atoms with Gasteiger partial charge in [-0.3, -0.25) is 4.68 Å². The third-order valence-electron chi connectivity index (χ3n) is 4.39. The molecule has 0 spiro atoms. The Morgan fingerprint density at radius 3 is 2.83 bits per heavy atom. The number of hydrogen-bond acceptors (Lipinski definition) is 5. The van der Waals surface area contributed by atoms with Gasteiger partial charge in [-0.05, 0) is 31.9 Å². The molecule has 3 heterocycles. The van der Waals surface area contributed by atoms with Crippen LogP contribution in [0.25, 0.3) is 10.2 Å². The van der Waals surface area contributed by atoms with Crippen molar-refractivity contribution < 1.29 is 9.90 Å². The standard InChI is InChI=1S/C17H18N4O2S/c1-11-9-13(16(22)23)19-21(11)10-12-5-4-6-14-15(12)18-17(24-14)20-7-2-3-8-20/h4-6,9H,2-3,7-8,10H2,1H3,(H,22,23). The number of aromatic carboxylic acids is 1. The van der Waals surface area contributed by atoms with Crippen molar-refractivity contribution in [2.75, 3.05) is 18.0 Å². The summed E-state index contributed by atoms with van der Waals surface area (Å²) >= 11 is 1.72. The average molecular weight is 342 g/mol. The maximum atomic E-state index is 11.1. The molecule has 0 saturated carbocycles. The Kier molecular flexibility index (Phi) is 3.72. The van der Waals surface area contributed by atoms with E-state index in [4.69, 9.17) is 10.1 Å². The molecule has 0 radical (unpaired) electrons. The van der Waals surface area contributed by atoms with Crippen LogP contribution < -0.4 is 4.90 Å². The zero-order valence-corrected chi connectivity index (χ0v) is 14.2. The molecule has 1 saturated heterocycles. The highest BCUT2D eigenvalue weighted by molar-refractivity contribution is 7.22. The summed E-state index contributed by atoms with van der Waals surface area (Å²) in [4.78, 5) is 18.3. The van der Waals surface area contributed by atoms with Gasteiger partial charge in [-0.2, -0.15) is 5.10 Å². The third-order valence-corrected chi connectivity index (χ3v) is 5.47. The molecule has 7 heteroatoms. The minimum atomic E-state index is -1.000. The number of carboxylic acid groups (broad SMARTS) is 1. The Morgan fingerprint density at radius 2 is 2.12 bits per heavy atom. The first-order valence-electron chi connectivity index (χ1n) is 8.03. The van der Waals surface area contributed by atoms with Crippen LogP contribution in [-0.4, -0.2) is 38.9 Å². The molecule has 6 nitrogen and oxygen atoms in total. The molecular formula is C17H18N4O2S. The molecule has 124 valence electrons. The quantitative estimate of drug-likeness (QED) is 0.789. The van der Waals surface area contributed by atoms with Crippen molar-refractivity contribution in [1.82, 2.24) is 14.8 Å². The van der Waals surface area contributed by atoms with Gasteiger partial charge in [-0.25, -0.2) is 9.78 Å². The Hall–Kier alpha value is -2.41. The van der Waals surface area contributed by atoms with Gasteiger partial charge in [-0.1, -0.05) is 23.5 Å². The van der Waals surface area contributed by atoms with Crippen LogP contribution in [0.1, 0.15) is 34.6 Å². The highest BCUT2D eigenvalue weighted by Gasteiger charge is 2.18. The highest BCUT2D eigenvalue weighted by Crippen LogP contribution is 2.32. The van der Waals surface area contributed by atoms with E-state index in [9.17, 15) is 4.79 Å². The first-order valence-corrected chi connectivity index (χ1v) is 8.84. The van der Waals surface area contributed by atoms with E-state index in [1.165, 1.54) is 12.8 Å².